The molecule has 0 bridgehead atoms. The fourth-order valence-corrected chi connectivity index (χ4v) is 6.13. The molecule has 0 spiro atoms. The first-order valence-electron chi connectivity index (χ1n) is 11.8. The molecule has 2 aliphatic rings. The highest BCUT2D eigenvalue weighted by molar-refractivity contribution is 7.10. The number of carbonyl (C=O) groups excluding carboxylic acids is 2. The molecule has 2 heterocycles. The number of aryl methyl sites for hydroxylation is 1. The van der Waals surface area contributed by atoms with Gasteiger partial charge in [0.1, 0.15) is 0 Å². The quantitative estimate of drug-likeness (QED) is 0.585. The van der Waals surface area contributed by atoms with Gasteiger partial charge in [-0.3, -0.25) is 9.59 Å². The molecule has 0 N–H and O–H groups in total. The van der Waals surface area contributed by atoms with Crippen LogP contribution >= 0.6 is 11.3 Å². The van der Waals surface area contributed by atoms with Crippen molar-refractivity contribution >= 4 is 23.2 Å². The average Bonchev–Trinajstić information content (AvgIpc) is 3.47. The number of amides is 2. The van der Waals surface area contributed by atoms with Crippen LogP contribution in [0.25, 0.3) is 0 Å². The van der Waals surface area contributed by atoms with E-state index in [1.54, 1.807) is 16.2 Å². The molecule has 1 fully saturated rings. The van der Waals surface area contributed by atoms with Crippen molar-refractivity contribution < 1.29 is 9.59 Å². The van der Waals surface area contributed by atoms with Crippen molar-refractivity contribution in [1.29, 1.82) is 0 Å². The molecule has 4 nitrogen and oxygen atoms in total. The number of benzene rings is 1. The van der Waals surface area contributed by atoms with Crippen LogP contribution in [0.2, 0.25) is 0 Å². The first-order valence-corrected chi connectivity index (χ1v) is 12.7. The molecule has 4 rings (SSSR count). The van der Waals surface area contributed by atoms with Gasteiger partial charge in [-0.1, -0.05) is 49.9 Å². The number of carbonyl (C=O) groups is 2. The minimum Gasteiger partial charge on any atom is -0.334 e. The molecule has 2 aromatic rings. The van der Waals surface area contributed by atoms with Gasteiger partial charge in [-0.2, -0.15) is 0 Å². The van der Waals surface area contributed by atoms with Gasteiger partial charge in [0, 0.05) is 24.4 Å². The van der Waals surface area contributed by atoms with E-state index in [0.29, 0.717) is 25.4 Å². The number of nitrogens with zero attached hydrogens (tertiary/aromatic N) is 2. The molecule has 1 unspecified atom stereocenters. The van der Waals surface area contributed by atoms with Crippen molar-refractivity contribution in [2.24, 2.45) is 5.92 Å². The van der Waals surface area contributed by atoms with E-state index in [4.69, 9.17) is 0 Å². The van der Waals surface area contributed by atoms with Crippen LogP contribution in [0.4, 0.5) is 0 Å². The van der Waals surface area contributed by atoms with E-state index in [9.17, 15) is 9.59 Å². The molecule has 0 radical (unpaired) electrons. The predicted molar refractivity (Wildman–Crippen MR) is 126 cm³/mol. The predicted octanol–water partition coefficient (Wildman–Crippen LogP) is 5.35. The largest absolute Gasteiger partial charge is 0.334 e. The van der Waals surface area contributed by atoms with Crippen LogP contribution in [0.3, 0.4) is 0 Å². The number of likely N-dealkylation sites (N-methyl/N-ethyl adjacent to an activating group) is 1. The zero-order valence-electron chi connectivity index (χ0n) is 18.8. The van der Waals surface area contributed by atoms with Gasteiger partial charge < -0.3 is 9.80 Å². The van der Waals surface area contributed by atoms with Crippen LogP contribution in [-0.2, 0) is 16.0 Å². The van der Waals surface area contributed by atoms with Crippen LogP contribution < -0.4 is 0 Å². The molecule has 1 aliphatic carbocycles. The lowest BCUT2D eigenvalue weighted by molar-refractivity contribution is -0.141. The van der Waals surface area contributed by atoms with Crippen LogP contribution in [0.5, 0.6) is 0 Å². The van der Waals surface area contributed by atoms with E-state index in [0.717, 1.165) is 12.8 Å². The summed E-state index contributed by atoms with van der Waals surface area (Å²) in [5, 5.41) is 2.13. The Morgan fingerprint density at radius 2 is 1.90 bits per heavy atom. The maximum atomic E-state index is 13.5. The molecule has 1 saturated carbocycles. The average molecular weight is 439 g/mol. The van der Waals surface area contributed by atoms with Gasteiger partial charge in [0.15, 0.2) is 0 Å². The van der Waals surface area contributed by atoms with Crippen molar-refractivity contribution in [2.45, 2.75) is 64.8 Å². The van der Waals surface area contributed by atoms with Gasteiger partial charge >= 0.3 is 0 Å². The van der Waals surface area contributed by atoms with Crippen molar-refractivity contribution in [3.63, 3.8) is 0 Å². The molecule has 2 amide bonds. The second-order valence-corrected chi connectivity index (χ2v) is 9.99. The third kappa shape index (κ3) is 4.87. The maximum absolute atomic E-state index is 13.5. The fourth-order valence-electron chi connectivity index (χ4n) is 5.23. The summed E-state index contributed by atoms with van der Waals surface area (Å²) in [5.74, 6) is 0.882. The highest BCUT2D eigenvalue weighted by Crippen LogP contribution is 2.39. The summed E-state index contributed by atoms with van der Waals surface area (Å²) in [6, 6.07) is 10.5. The Kier molecular flexibility index (Phi) is 7.11. The summed E-state index contributed by atoms with van der Waals surface area (Å²) >= 11 is 1.78. The Bertz CT molecular complexity index is 916. The van der Waals surface area contributed by atoms with Crippen LogP contribution in [0.1, 0.15) is 73.1 Å². The van der Waals surface area contributed by atoms with Crippen LogP contribution in [0.15, 0.2) is 35.7 Å². The summed E-state index contributed by atoms with van der Waals surface area (Å²) in [6.07, 6.45) is 7.55. The summed E-state index contributed by atoms with van der Waals surface area (Å²) in [5.41, 5.74) is 3.63. The zero-order valence-corrected chi connectivity index (χ0v) is 19.6. The van der Waals surface area contributed by atoms with E-state index in [1.165, 1.54) is 47.3 Å². The standard InChI is InChI=1S/C26H34N2O2S/c1-3-27(24(29)13-12-20-9-5-6-10-20)18-25(30)28-16-14-23-22(15-17-31-23)26(28)21-11-7-4-8-19(21)2/h4,7-8,11,15,17,20,26H,3,5-6,9-10,12-14,16,18H2,1-2H3. The van der Waals surface area contributed by atoms with Crippen LogP contribution in [0, 0.1) is 12.8 Å². The summed E-state index contributed by atoms with van der Waals surface area (Å²) in [4.78, 5) is 31.5. The lowest BCUT2D eigenvalue weighted by atomic mass is 9.90. The Balaban J connectivity index is 1.49. The summed E-state index contributed by atoms with van der Waals surface area (Å²) in [6.45, 7) is 5.57. The number of rotatable bonds is 7. The molecule has 5 heteroatoms. The van der Waals surface area contributed by atoms with Gasteiger partial charge in [0.2, 0.25) is 11.8 Å². The van der Waals surface area contributed by atoms with Crippen LogP contribution in [-0.4, -0.2) is 41.2 Å². The Labute approximate surface area is 190 Å². The number of hydrogen-bond acceptors (Lipinski definition) is 3. The van der Waals surface area contributed by atoms with E-state index in [-0.39, 0.29) is 24.4 Å². The first kappa shape index (κ1) is 22.1. The molecule has 166 valence electrons. The monoisotopic (exact) mass is 438 g/mol. The van der Waals surface area contributed by atoms with Crippen molar-refractivity contribution in [3.8, 4) is 0 Å². The highest BCUT2D eigenvalue weighted by Gasteiger charge is 2.34. The van der Waals surface area contributed by atoms with Crippen molar-refractivity contribution in [3.05, 3.63) is 57.3 Å². The molecule has 1 aromatic carbocycles. The summed E-state index contributed by atoms with van der Waals surface area (Å²) < 4.78 is 0. The zero-order chi connectivity index (χ0) is 21.8. The van der Waals surface area contributed by atoms with Gasteiger partial charge in [-0.05, 0) is 60.7 Å². The van der Waals surface area contributed by atoms with Crippen molar-refractivity contribution in [2.75, 3.05) is 19.6 Å². The molecular formula is C26H34N2O2S. The third-order valence-electron chi connectivity index (χ3n) is 7.07. The fraction of sp³-hybridized carbons (Fsp3) is 0.538. The molecule has 1 aliphatic heterocycles. The second kappa shape index (κ2) is 9.99. The molecular weight excluding hydrogens is 404 g/mol. The highest BCUT2D eigenvalue weighted by atomic mass is 32.1. The lowest BCUT2D eigenvalue weighted by Gasteiger charge is -2.38. The molecule has 31 heavy (non-hydrogen) atoms. The van der Waals surface area contributed by atoms with Gasteiger partial charge in [-0.25, -0.2) is 0 Å². The van der Waals surface area contributed by atoms with Gasteiger partial charge in [0.25, 0.3) is 0 Å². The number of thiophene rings is 1. The Morgan fingerprint density at radius 1 is 1.13 bits per heavy atom. The number of hydrogen-bond donors (Lipinski definition) is 0. The Hall–Kier alpha value is -2.14. The molecule has 0 saturated heterocycles. The normalized spacial score (nSPS) is 18.8. The smallest absolute Gasteiger partial charge is 0.242 e. The maximum Gasteiger partial charge on any atom is 0.242 e. The molecule has 1 atom stereocenters. The second-order valence-electron chi connectivity index (χ2n) is 8.99. The minimum absolute atomic E-state index is 0.0566. The molecule has 1 aromatic heterocycles. The SMILES string of the molecule is CCN(CC(=O)N1CCc2sccc2C1c1ccccc1C)C(=O)CCC1CCCC1. The van der Waals surface area contributed by atoms with E-state index in [2.05, 4.69) is 36.6 Å². The lowest BCUT2D eigenvalue weighted by Crippen LogP contribution is -2.46. The van der Waals surface area contributed by atoms with E-state index < -0.39 is 0 Å². The van der Waals surface area contributed by atoms with Crippen molar-refractivity contribution in [1.82, 2.24) is 9.80 Å². The Morgan fingerprint density at radius 3 is 2.65 bits per heavy atom. The van der Waals surface area contributed by atoms with Gasteiger partial charge in [0.05, 0.1) is 12.6 Å². The number of fused-ring (bicyclic) bond motifs is 1. The minimum atomic E-state index is -0.0593. The van der Waals surface area contributed by atoms with Gasteiger partial charge in [-0.15, -0.1) is 11.3 Å². The van der Waals surface area contributed by atoms with E-state index >= 15 is 0 Å². The van der Waals surface area contributed by atoms with E-state index in [1.807, 2.05) is 17.9 Å². The summed E-state index contributed by atoms with van der Waals surface area (Å²) in [7, 11) is 0. The third-order valence-corrected chi connectivity index (χ3v) is 8.07. The first-order chi connectivity index (χ1) is 15.1. The topological polar surface area (TPSA) is 40.6 Å².